The molecule has 2 aromatic carbocycles. The molecule has 5 aromatic rings. The van der Waals surface area contributed by atoms with Crippen molar-refractivity contribution in [3.63, 3.8) is 0 Å². The maximum atomic E-state index is 13.4. The zero-order chi connectivity index (χ0) is 26.4. The van der Waals surface area contributed by atoms with Crippen molar-refractivity contribution in [2.24, 2.45) is 7.05 Å². The van der Waals surface area contributed by atoms with Gasteiger partial charge in [0.1, 0.15) is 0 Å². The summed E-state index contributed by atoms with van der Waals surface area (Å²) in [7, 11) is 1.89. The number of anilines is 3. The minimum Gasteiger partial charge on any atom is -0.392 e. The van der Waals surface area contributed by atoms with Crippen LogP contribution in [0.2, 0.25) is 0 Å². The van der Waals surface area contributed by atoms with Crippen molar-refractivity contribution in [1.29, 1.82) is 0 Å². The molecule has 0 radical (unpaired) electrons. The Hall–Kier alpha value is -4.76. The highest BCUT2D eigenvalue weighted by molar-refractivity contribution is 6.15. The second-order valence-electron chi connectivity index (χ2n) is 9.40. The van der Waals surface area contributed by atoms with E-state index in [1.54, 1.807) is 21.9 Å². The Labute approximate surface area is 219 Å². The number of aryl methyl sites for hydroxylation is 3. The SMILES string of the molecule is Cc1cnc(Nc2cc(C)n(C)n2)nc1-c1c[nH]c2c(N3Cc4c(/C=C/CO)cccc4C3=O)cccc12. The van der Waals surface area contributed by atoms with E-state index in [4.69, 9.17) is 4.98 Å². The Morgan fingerprint density at radius 1 is 1.16 bits per heavy atom. The van der Waals surface area contributed by atoms with Crippen molar-refractivity contribution < 1.29 is 9.90 Å². The van der Waals surface area contributed by atoms with Crippen LogP contribution in [0.4, 0.5) is 17.5 Å². The van der Waals surface area contributed by atoms with E-state index in [9.17, 15) is 9.90 Å². The number of H-pyrrole nitrogens is 1. The number of fused-ring (bicyclic) bond motifs is 2. The Morgan fingerprint density at radius 3 is 2.79 bits per heavy atom. The van der Waals surface area contributed by atoms with Gasteiger partial charge < -0.3 is 20.3 Å². The first-order valence-corrected chi connectivity index (χ1v) is 12.4. The maximum absolute atomic E-state index is 13.4. The third-order valence-electron chi connectivity index (χ3n) is 6.97. The van der Waals surface area contributed by atoms with Crippen LogP contribution in [0, 0.1) is 13.8 Å². The highest BCUT2D eigenvalue weighted by atomic mass is 16.2. The molecule has 0 atom stereocenters. The number of hydrogen-bond acceptors (Lipinski definition) is 6. The summed E-state index contributed by atoms with van der Waals surface area (Å²) in [5, 5.41) is 17.8. The van der Waals surface area contributed by atoms with Crippen LogP contribution in [0.5, 0.6) is 0 Å². The van der Waals surface area contributed by atoms with E-state index in [2.05, 4.69) is 20.4 Å². The fourth-order valence-electron chi connectivity index (χ4n) is 4.96. The Kier molecular flexibility index (Phi) is 5.77. The van der Waals surface area contributed by atoms with Crippen molar-refractivity contribution in [1.82, 2.24) is 24.7 Å². The summed E-state index contributed by atoms with van der Waals surface area (Å²) in [5.74, 6) is 1.10. The van der Waals surface area contributed by atoms with Crippen molar-refractivity contribution in [3.05, 3.63) is 88.9 Å². The summed E-state index contributed by atoms with van der Waals surface area (Å²) < 4.78 is 1.79. The van der Waals surface area contributed by atoms with Crippen molar-refractivity contribution in [2.45, 2.75) is 20.4 Å². The highest BCUT2D eigenvalue weighted by Gasteiger charge is 2.31. The van der Waals surface area contributed by atoms with Gasteiger partial charge in [-0.25, -0.2) is 9.97 Å². The summed E-state index contributed by atoms with van der Waals surface area (Å²) >= 11 is 0. The predicted molar refractivity (Wildman–Crippen MR) is 148 cm³/mol. The van der Waals surface area contributed by atoms with Gasteiger partial charge in [-0.05, 0) is 42.7 Å². The number of aromatic nitrogens is 5. The van der Waals surface area contributed by atoms with Crippen molar-refractivity contribution >= 4 is 40.3 Å². The van der Waals surface area contributed by atoms with Gasteiger partial charge in [-0.1, -0.05) is 36.4 Å². The normalized spacial score (nSPS) is 13.2. The summed E-state index contributed by atoms with van der Waals surface area (Å²) in [6, 6.07) is 13.6. The molecule has 0 fully saturated rings. The first-order valence-electron chi connectivity index (χ1n) is 12.4. The predicted octanol–water partition coefficient (Wildman–Crippen LogP) is 4.88. The number of amides is 1. The maximum Gasteiger partial charge on any atom is 0.259 e. The molecule has 9 heteroatoms. The van der Waals surface area contributed by atoms with Crippen LogP contribution >= 0.6 is 0 Å². The molecule has 3 aromatic heterocycles. The molecule has 4 heterocycles. The number of nitrogens with one attached hydrogen (secondary N) is 2. The number of aromatic amines is 1. The number of aliphatic hydroxyl groups is 1. The van der Waals surface area contributed by atoms with Gasteiger partial charge in [0, 0.05) is 47.7 Å². The van der Waals surface area contributed by atoms with Gasteiger partial charge in [0.15, 0.2) is 5.82 Å². The summed E-state index contributed by atoms with van der Waals surface area (Å²) in [6.45, 7) is 4.37. The molecule has 9 nitrogen and oxygen atoms in total. The van der Waals surface area contributed by atoms with E-state index < -0.39 is 0 Å². The Morgan fingerprint density at radius 2 is 2.00 bits per heavy atom. The second-order valence-corrected chi connectivity index (χ2v) is 9.40. The lowest BCUT2D eigenvalue weighted by Crippen LogP contribution is -2.23. The topological polar surface area (TPSA) is 112 Å². The van der Waals surface area contributed by atoms with Crippen molar-refractivity contribution in [2.75, 3.05) is 16.8 Å². The van der Waals surface area contributed by atoms with Crippen LogP contribution in [0.25, 0.3) is 28.2 Å². The first kappa shape index (κ1) is 23.6. The Bertz CT molecular complexity index is 1710. The quantitative estimate of drug-likeness (QED) is 0.303. The molecule has 1 amide bonds. The number of rotatable bonds is 6. The monoisotopic (exact) mass is 505 g/mol. The van der Waals surface area contributed by atoms with E-state index in [0.29, 0.717) is 23.9 Å². The summed E-state index contributed by atoms with van der Waals surface area (Å²) in [6.07, 6.45) is 7.27. The molecule has 0 saturated heterocycles. The standard InChI is InChI=1S/C29H27N7O2/c1-17-14-31-29(32-25-13-18(2)35(3)34-25)33-26(17)22-15-30-27-20(22)9-5-11-24(27)36-16-23-19(8-6-12-37)7-4-10-21(23)28(36)38/h4-11,13-15,30,37H,12,16H2,1-3H3,(H,31,32,33,34)/b8-6+. The summed E-state index contributed by atoms with van der Waals surface area (Å²) in [5.41, 5.74) is 7.93. The van der Waals surface area contributed by atoms with Crippen molar-refractivity contribution in [3.8, 4) is 11.3 Å². The van der Waals surface area contributed by atoms with E-state index in [-0.39, 0.29) is 12.5 Å². The fraction of sp³-hybridized carbons (Fsp3) is 0.172. The fourth-order valence-corrected chi connectivity index (χ4v) is 4.96. The molecular weight excluding hydrogens is 478 g/mol. The molecule has 6 rings (SSSR count). The van der Waals surface area contributed by atoms with E-state index >= 15 is 0 Å². The van der Waals surface area contributed by atoms with E-state index in [1.165, 1.54) is 0 Å². The third-order valence-corrected chi connectivity index (χ3v) is 6.97. The van der Waals surface area contributed by atoms with Crippen LogP contribution in [0.1, 0.15) is 32.7 Å². The zero-order valence-electron chi connectivity index (χ0n) is 21.4. The molecule has 3 N–H and O–H groups in total. The molecule has 0 saturated carbocycles. The van der Waals surface area contributed by atoms with Crippen LogP contribution in [-0.2, 0) is 13.6 Å². The Balaban J connectivity index is 1.38. The molecule has 1 aliphatic rings. The van der Waals surface area contributed by atoms with Gasteiger partial charge in [-0.3, -0.25) is 9.48 Å². The lowest BCUT2D eigenvalue weighted by Gasteiger charge is -2.17. The molecule has 38 heavy (non-hydrogen) atoms. The molecule has 1 aliphatic heterocycles. The number of nitrogens with zero attached hydrogens (tertiary/aromatic N) is 5. The van der Waals surface area contributed by atoms with Crippen LogP contribution in [0.3, 0.4) is 0 Å². The number of para-hydroxylation sites is 1. The van der Waals surface area contributed by atoms with E-state index in [1.807, 2.05) is 75.6 Å². The lowest BCUT2D eigenvalue weighted by atomic mass is 10.0. The largest absolute Gasteiger partial charge is 0.392 e. The molecule has 0 bridgehead atoms. The van der Waals surface area contributed by atoms with E-state index in [0.717, 1.165) is 50.2 Å². The van der Waals surface area contributed by atoms with Crippen LogP contribution in [0.15, 0.2) is 60.9 Å². The molecular formula is C29H27N7O2. The lowest BCUT2D eigenvalue weighted by molar-refractivity contribution is 0.0997. The highest BCUT2D eigenvalue weighted by Crippen LogP contribution is 2.38. The van der Waals surface area contributed by atoms with Gasteiger partial charge in [0.25, 0.3) is 5.91 Å². The average Bonchev–Trinajstić information content (AvgIpc) is 3.59. The minimum absolute atomic E-state index is 0.0433. The average molecular weight is 506 g/mol. The van der Waals surface area contributed by atoms with Gasteiger partial charge in [0.2, 0.25) is 5.95 Å². The smallest absolute Gasteiger partial charge is 0.259 e. The number of hydrogen-bond donors (Lipinski definition) is 3. The van der Waals surface area contributed by atoms with Crippen LogP contribution < -0.4 is 10.2 Å². The van der Waals surface area contributed by atoms with Gasteiger partial charge in [0.05, 0.1) is 30.0 Å². The second kappa shape index (κ2) is 9.28. The molecule has 190 valence electrons. The first-order chi connectivity index (χ1) is 18.4. The number of carbonyl (C=O) groups is 1. The minimum atomic E-state index is -0.0485. The molecule has 0 unspecified atom stereocenters. The summed E-state index contributed by atoms with van der Waals surface area (Å²) in [4.78, 5) is 27.9. The van der Waals surface area contributed by atoms with Crippen LogP contribution in [-0.4, -0.2) is 42.4 Å². The third kappa shape index (κ3) is 3.93. The number of carbonyl (C=O) groups excluding carboxylic acids is 1. The number of benzene rings is 2. The van der Waals surface area contributed by atoms with Gasteiger partial charge in [-0.2, -0.15) is 5.10 Å². The van der Waals surface area contributed by atoms with Gasteiger partial charge >= 0.3 is 0 Å². The number of aliphatic hydroxyl groups excluding tert-OH is 1. The molecule has 0 aliphatic carbocycles. The zero-order valence-corrected chi connectivity index (χ0v) is 21.4. The van der Waals surface area contributed by atoms with Gasteiger partial charge in [-0.15, -0.1) is 0 Å². The molecule has 0 spiro atoms.